The topological polar surface area (TPSA) is 43.4 Å². The first-order valence-electron chi connectivity index (χ1n) is 6.85. The molecule has 1 aromatic heterocycles. The number of hydrogen-bond donors (Lipinski definition) is 1. The lowest BCUT2D eigenvalue weighted by molar-refractivity contribution is 0.0911. The normalized spacial score (nSPS) is 18.8. The minimum Gasteiger partial charge on any atom is -0.485 e. The predicted molar refractivity (Wildman–Crippen MR) is 79.5 cm³/mol. The lowest BCUT2D eigenvalue weighted by Crippen LogP contribution is -2.21. The molecular formula is C15H18N2O2S. The van der Waals surface area contributed by atoms with Crippen LogP contribution in [0.5, 0.6) is 11.5 Å². The van der Waals surface area contributed by atoms with E-state index in [1.165, 1.54) is 4.88 Å². The standard InChI is InChI=1S/C15H18N2O2S/c1-3-16-10(2)14-8-17-15(20-14)13-9-18-11-6-4-5-7-12(11)19-13/h4-8,10,13,16H,3,9H2,1-2H3. The van der Waals surface area contributed by atoms with Crippen molar-refractivity contribution in [2.24, 2.45) is 0 Å². The van der Waals surface area contributed by atoms with Crippen molar-refractivity contribution in [2.75, 3.05) is 13.2 Å². The van der Waals surface area contributed by atoms with Gasteiger partial charge in [-0.25, -0.2) is 4.98 Å². The van der Waals surface area contributed by atoms with E-state index in [9.17, 15) is 0 Å². The monoisotopic (exact) mass is 290 g/mol. The number of thiazole rings is 1. The van der Waals surface area contributed by atoms with Gasteiger partial charge in [0, 0.05) is 17.1 Å². The molecule has 1 aliphatic rings. The molecule has 106 valence electrons. The highest BCUT2D eigenvalue weighted by Crippen LogP contribution is 2.37. The number of nitrogens with one attached hydrogen (secondary N) is 1. The minimum absolute atomic E-state index is 0.113. The Hall–Kier alpha value is -1.59. The molecule has 0 bridgehead atoms. The van der Waals surface area contributed by atoms with Crippen molar-refractivity contribution in [3.8, 4) is 11.5 Å². The second-order valence-electron chi connectivity index (χ2n) is 4.74. The molecule has 2 aromatic rings. The lowest BCUT2D eigenvalue weighted by Gasteiger charge is -2.24. The van der Waals surface area contributed by atoms with Crippen LogP contribution in [0.4, 0.5) is 0 Å². The zero-order valence-electron chi connectivity index (χ0n) is 11.6. The molecule has 0 spiro atoms. The van der Waals surface area contributed by atoms with Crippen LogP contribution in [0.3, 0.4) is 0 Å². The highest BCUT2D eigenvalue weighted by Gasteiger charge is 2.25. The van der Waals surface area contributed by atoms with E-state index < -0.39 is 0 Å². The highest BCUT2D eigenvalue weighted by atomic mass is 32.1. The van der Waals surface area contributed by atoms with Gasteiger partial charge in [0.1, 0.15) is 11.6 Å². The third kappa shape index (κ3) is 2.64. The van der Waals surface area contributed by atoms with E-state index in [-0.39, 0.29) is 6.10 Å². The molecule has 20 heavy (non-hydrogen) atoms. The van der Waals surface area contributed by atoms with Gasteiger partial charge in [0.05, 0.1) is 0 Å². The molecule has 0 saturated heterocycles. The number of ether oxygens (including phenoxy) is 2. The molecule has 2 heterocycles. The molecular weight excluding hydrogens is 272 g/mol. The van der Waals surface area contributed by atoms with Crippen LogP contribution < -0.4 is 14.8 Å². The van der Waals surface area contributed by atoms with Crippen molar-refractivity contribution < 1.29 is 9.47 Å². The summed E-state index contributed by atoms with van der Waals surface area (Å²) >= 11 is 1.68. The number of fused-ring (bicyclic) bond motifs is 1. The van der Waals surface area contributed by atoms with Gasteiger partial charge in [-0.15, -0.1) is 11.3 Å². The summed E-state index contributed by atoms with van der Waals surface area (Å²) in [6, 6.07) is 8.07. The van der Waals surface area contributed by atoms with Crippen LogP contribution >= 0.6 is 11.3 Å². The third-order valence-corrected chi connectivity index (χ3v) is 4.53. The Morgan fingerprint density at radius 2 is 2.20 bits per heavy atom. The first-order chi connectivity index (χ1) is 9.78. The molecule has 5 heteroatoms. The van der Waals surface area contributed by atoms with Crippen molar-refractivity contribution in [3.05, 3.63) is 40.3 Å². The lowest BCUT2D eigenvalue weighted by atomic mass is 10.2. The highest BCUT2D eigenvalue weighted by molar-refractivity contribution is 7.11. The Morgan fingerprint density at radius 3 is 3.00 bits per heavy atom. The molecule has 2 atom stereocenters. The first-order valence-corrected chi connectivity index (χ1v) is 7.67. The fraction of sp³-hybridized carbons (Fsp3) is 0.400. The number of hydrogen-bond acceptors (Lipinski definition) is 5. The summed E-state index contributed by atoms with van der Waals surface area (Å²) in [4.78, 5) is 5.72. The van der Waals surface area contributed by atoms with Crippen molar-refractivity contribution in [1.29, 1.82) is 0 Å². The van der Waals surface area contributed by atoms with Gasteiger partial charge < -0.3 is 14.8 Å². The van der Waals surface area contributed by atoms with Gasteiger partial charge in [0.15, 0.2) is 17.6 Å². The van der Waals surface area contributed by atoms with Crippen LogP contribution in [0.15, 0.2) is 30.5 Å². The summed E-state index contributed by atoms with van der Waals surface area (Å²) in [7, 11) is 0. The fourth-order valence-electron chi connectivity index (χ4n) is 2.20. The van der Waals surface area contributed by atoms with E-state index in [2.05, 4.69) is 24.1 Å². The summed E-state index contributed by atoms with van der Waals surface area (Å²) in [6.45, 7) is 5.71. The molecule has 1 N–H and O–H groups in total. The number of benzene rings is 1. The Morgan fingerprint density at radius 1 is 1.40 bits per heavy atom. The maximum absolute atomic E-state index is 5.97. The number of aromatic nitrogens is 1. The SMILES string of the molecule is CCNC(C)c1cnc(C2COc3ccccc3O2)s1. The maximum atomic E-state index is 5.97. The van der Waals surface area contributed by atoms with Crippen molar-refractivity contribution in [1.82, 2.24) is 10.3 Å². The molecule has 0 fully saturated rings. The van der Waals surface area contributed by atoms with Crippen molar-refractivity contribution >= 4 is 11.3 Å². The summed E-state index contributed by atoms with van der Waals surface area (Å²) in [5.74, 6) is 1.60. The second-order valence-corrected chi connectivity index (χ2v) is 5.84. The summed E-state index contributed by atoms with van der Waals surface area (Å²) in [6.07, 6.45) is 1.81. The van der Waals surface area contributed by atoms with Gasteiger partial charge >= 0.3 is 0 Å². The summed E-state index contributed by atoms with van der Waals surface area (Å²) in [5.41, 5.74) is 0. The Balaban J connectivity index is 1.75. The average molecular weight is 290 g/mol. The van der Waals surface area contributed by atoms with E-state index >= 15 is 0 Å². The Bertz CT molecular complexity index is 585. The zero-order valence-corrected chi connectivity index (χ0v) is 12.4. The van der Waals surface area contributed by atoms with Crippen LogP contribution in [-0.4, -0.2) is 18.1 Å². The van der Waals surface area contributed by atoms with E-state index in [0.717, 1.165) is 23.1 Å². The van der Waals surface area contributed by atoms with Crippen LogP contribution in [0.1, 0.15) is 35.9 Å². The molecule has 0 aliphatic carbocycles. The molecule has 0 radical (unpaired) electrons. The smallest absolute Gasteiger partial charge is 0.184 e. The number of para-hydroxylation sites is 2. The molecule has 4 nitrogen and oxygen atoms in total. The molecule has 3 rings (SSSR count). The summed E-state index contributed by atoms with van der Waals surface area (Å²) < 4.78 is 11.7. The Kier molecular flexibility index (Phi) is 3.89. The van der Waals surface area contributed by atoms with Crippen LogP contribution in [0.2, 0.25) is 0 Å². The van der Waals surface area contributed by atoms with Gasteiger partial charge in [-0.1, -0.05) is 19.1 Å². The minimum atomic E-state index is -0.113. The zero-order chi connectivity index (χ0) is 13.9. The van der Waals surface area contributed by atoms with Gasteiger partial charge in [-0.2, -0.15) is 0 Å². The Labute approximate surface area is 122 Å². The maximum Gasteiger partial charge on any atom is 0.184 e. The third-order valence-electron chi connectivity index (χ3n) is 3.26. The van der Waals surface area contributed by atoms with Crippen molar-refractivity contribution in [2.45, 2.75) is 26.0 Å². The molecule has 2 unspecified atom stereocenters. The largest absolute Gasteiger partial charge is 0.485 e. The molecule has 1 aromatic carbocycles. The van der Waals surface area contributed by atoms with E-state index in [1.54, 1.807) is 11.3 Å². The van der Waals surface area contributed by atoms with Gasteiger partial charge in [0.2, 0.25) is 0 Å². The number of nitrogens with zero attached hydrogens (tertiary/aromatic N) is 1. The number of rotatable bonds is 4. The fourth-order valence-corrected chi connectivity index (χ4v) is 3.16. The average Bonchev–Trinajstić information content (AvgIpc) is 2.97. The molecule has 0 saturated carbocycles. The van der Waals surface area contributed by atoms with Gasteiger partial charge in [-0.3, -0.25) is 0 Å². The molecule has 1 aliphatic heterocycles. The second kappa shape index (κ2) is 5.81. The van der Waals surface area contributed by atoms with Gasteiger partial charge in [0.25, 0.3) is 0 Å². The first kappa shape index (κ1) is 13.4. The quantitative estimate of drug-likeness (QED) is 0.938. The van der Waals surface area contributed by atoms with Gasteiger partial charge in [-0.05, 0) is 25.6 Å². The summed E-state index contributed by atoms with van der Waals surface area (Å²) in [5, 5.41) is 4.36. The van der Waals surface area contributed by atoms with Crippen LogP contribution in [-0.2, 0) is 0 Å². The molecule has 0 amide bonds. The van der Waals surface area contributed by atoms with E-state index in [1.807, 2.05) is 30.5 Å². The van der Waals surface area contributed by atoms with Crippen LogP contribution in [0, 0.1) is 0 Å². The van der Waals surface area contributed by atoms with E-state index in [0.29, 0.717) is 12.6 Å². The van der Waals surface area contributed by atoms with Crippen LogP contribution in [0.25, 0.3) is 0 Å². The van der Waals surface area contributed by atoms with Crippen molar-refractivity contribution in [3.63, 3.8) is 0 Å². The predicted octanol–water partition coefficient (Wildman–Crippen LogP) is 3.33. The van der Waals surface area contributed by atoms with E-state index in [4.69, 9.17) is 9.47 Å².